The van der Waals surface area contributed by atoms with Crippen molar-refractivity contribution >= 4 is 0 Å². The van der Waals surface area contributed by atoms with E-state index in [0.717, 1.165) is 6.42 Å². The quantitative estimate of drug-likeness (QED) is 0.622. The number of hydrogen-bond acceptors (Lipinski definition) is 3. The summed E-state index contributed by atoms with van der Waals surface area (Å²) in [7, 11) is 4.21. The van der Waals surface area contributed by atoms with E-state index in [1.807, 2.05) is 0 Å². The lowest BCUT2D eigenvalue weighted by molar-refractivity contribution is 0.113. The maximum atomic E-state index is 5.82. The summed E-state index contributed by atoms with van der Waals surface area (Å²) in [5.74, 6) is 5.82. The highest BCUT2D eigenvalue weighted by Gasteiger charge is 2.35. The van der Waals surface area contributed by atoms with Crippen LogP contribution in [0.5, 0.6) is 0 Å². The molecule has 3 heteroatoms. The number of nitrogens with zero attached hydrogens (tertiary/aromatic N) is 1. The van der Waals surface area contributed by atoms with Crippen LogP contribution in [0.3, 0.4) is 0 Å². The predicted molar refractivity (Wildman–Crippen MR) is 78.4 cm³/mol. The van der Waals surface area contributed by atoms with Gasteiger partial charge in [-0.2, -0.15) is 0 Å². The number of hydrogen-bond donors (Lipinski definition) is 2. The Kier molecular flexibility index (Phi) is 4.91. The molecular weight excluding hydrogens is 222 g/mol. The molecule has 0 aromatic heterocycles. The first-order valence-electron chi connectivity index (χ1n) is 6.57. The monoisotopic (exact) mass is 249 g/mol. The number of likely N-dealkylation sites (N-methyl/N-ethyl adjacent to an activating group) is 1. The minimum absolute atomic E-state index is 0.00352. The summed E-state index contributed by atoms with van der Waals surface area (Å²) in [4.78, 5) is 2.24. The molecule has 2 atom stereocenters. The van der Waals surface area contributed by atoms with Gasteiger partial charge in [-0.25, -0.2) is 0 Å². The van der Waals surface area contributed by atoms with E-state index < -0.39 is 0 Å². The number of rotatable bonds is 5. The third kappa shape index (κ3) is 2.74. The lowest BCUT2D eigenvalue weighted by atomic mass is 9.83. The molecule has 3 nitrogen and oxygen atoms in total. The second-order valence-corrected chi connectivity index (χ2v) is 5.55. The molecule has 0 saturated heterocycles. The van der Waals surface area contributed by atoms with E-state index >= 15 is 0 Å². The predicted octanol–water partition coefficient (Wildman–Crippen LogP) is 2.54. The summed E-state index contributed by atoms with van der Waals surface area (Å²) >= 11 is 0. The zero-order chi connectivity index (χ0) is 13.9. The van der Waals surface area contributed by atoms with Gasteiger partial charge < -0.3 is 4.90 Å². The van der Waals surface area contributed by atoms with Crippen LogP contribution in [0.2, 0.25) is 0 Å². The zero-order valence-corrected chi connectivity index (χ0v) is 12.5. The van der Waals surface area contributed by atoms with Crippen molar-refractivity contribution < 1.29 is 0 Å². The molecule has 0 aliphatic carbocycles. The Morgan fingerprint density at radius 3 is 2.28 bits per heavy atom. The van der Waals surface area contributed by atoms with E-state index in [1.54, 1.807) is 0 Å². The van der Waals surface area contributed by atoms with E-state index in [-0.39, 0.29) is 11.6 Å². The average molecular weight is 249 g/mol. The van der Waals surface area contributed by atoms with Crippen LogP contribution in [0.1, 0.15) is 43.0 Å². The first-order chi connectivity index (χ1) is 8.36. The largest absolute Gasteiger partial charge is 0.302 e. The molecule has 102 valence electrons. The molecule has 0 amide bonds. The first-order valence-corrected chi connectivity index (χ1v) is 6.57. The minimum atomic E-state index is -0.00352. The van der Waals surface area contributed by atoms with Crippen LogP contribution < -0.4 is 11.3 Å². The maximum Gasteiger partial charge on any atom is 0.0641 e. The summed E-state index contributed by atoms with van der Waals surface area (Å²) < 4.78 is 0. The lowest BCUT2D eigenvalue weighted by Crippen LogP contribution is -2.53. The van der Waals surface area contributed by atoms with Gasteiger partial charge in [0.1, 0.15) is 0 Å². The SMILES string of the molecule is CCC(C)(C(NN)c1ccc(C)c(C)c1)N(C)C. The van der Waals surface area contributed by atoms with Crippen LogP contribution in [0.25, 0.3) is 0 Å². The van der Waals surface area contributed by atoms with Crippen molar-refractivity contribution in [3.05, 3.63) is 34.9 Å². The fourth-order valence-corrected chi connectivity index (χ4v) is 2.36. The molecule has 0 aliphatic heterocycles. The normalized spacial score (nSPS) is 16.7. The van der Waals surface area contributed by atoms with Crippen molar-refractivity contribution in [1.29, 1.82) is 0 Å². The van der Waals surface area contributed by atoms with E-state index in [2.05, 4.69) is 70.3 Å². The molecule has 1 rings (SSSR count). The summed E-state index contributed by atoms with van der Waals surface area (Å²) in [6.45, 7) is 8.72. The molecule has 0 saturated carbocycles. The van der Waals surface area contributed by atoms with E-state index in [4.69, 9.17) is 5.84 Å². The van der Waals surface area contributed by atoms with Crippen LogP contribution in [0, 0.1) is 13.8 Å². The van der Waals surface area contributed by atoms with Crippen LogP contribution >= 0.6 is 0 Å². The van der Waals surface area contributed by atoms with Crippen molar-refractivity contribution in [2.24, 2.45) is 5.84 Å². The summed E-state index contributed by atoms with van der Waals surface area (Å²) in [6, 6.07) is 6.69. The van der Waals surface area contributed by atoms with Gasteiger partial charge in [-0.1, -0.05) is 25.1 Å². The molecule has 0 heterocycles. The van der Waals surface area contributed by atoms with E-state index in [1.165, 1.54) is 16.7 Å². The molecule has 0 aliphatic rings. The highest BCUT2D eigenvalue weighted by Crippen LogP contribution is 2.32. The number of hydrazine groups is 1. The minimum Gasteiger partial charge on any atom is -0.302 e. The number of benzene rings is 1. The van der Waals surface area contributed by atoms with Crippen molar-refractivity contribution in [1.82, 2.24) is 10.3 Å². The molecular formula is C15H27N3. The Morgan fingerprint density at radius 1 is 1.28 bits per heavy atom. The molecule has 0 radical (unpaired) electrons. The summed E-state index contributed by atoms with van der Waals surface area (Å²) in [5, 5.41) is 0. The van der Waals surface area contributed by atoms with Crippen LogP contribution in [-0.4, -0.2) is 24.5 Å². The molecule has 0 fully saturated rings. The van der Waals surface area contributed by atoms with Crippen LogP contribution in [0.15, 0.2) is 18.2 Å². The van der Waals surface area contributed by atoms with Gasteiger partial charge in [0.15, 0.2) is 0 Å². The van der Waals surface area contributed by atoms with Crippen molar-refractivity contribution in [2.45, 2.75) is 45.7 Å². The van der Waals surface area contributed by atoms with Gasteiger partial charge >= 0.3 is 0 Å². The Balaban J connectivity index is 3.20. The highest BCUT2D eigenvalue weighted by atomic mass is 15.3. The van der Waals surface area contributed by atoms with Gasteiger partial charge in [-0.15, -0.1) is 0 Å². The Hall–Kier alpha value is -0.900. The summed E-state index contributed by atoms with van der Waals surface area (Å²) in [5.41, 5.74) is 6.87. The fraction of sp³-hybridized carbons (Fsp3) is 0.600. The van der Waals surface area contributed by atoms with Crippen LogP contribution in [-0.2, 0) is 0 Å². The molecule has 0 bridgehead atoms. The second-order valence-electron chi connectivity index (χ2n) is 5.55. The molecule has 18 heavy (non-hydrogen) atoms. The fourth-order valence-electron chi connectivity index (χ4n) is 2.36. The van der Waals surface area contributed by atoms with Crippen molar-refractivity contribution in [2.75, 3.05) is 14.1 Å². The lowest BCUT2D eigenvalue weighted by Gasteiger charge is -2.42. The molecule has 1 aromatic rings. The maximum absolute atomic E-state index is 5.82. The van der Waals surface area contributed by atoms with Crippen LogP contribution in [0.4, 0.5) is 0 Å². The van der Waals surface area contributed by atoms with Gasteiger partial charge in [0.05, 0.1) is 6.04 Å². The number of aryl methyl sites for hydroxylation is 2. The van der Waals surface area contributed by atoms with Crippen molar-refractivity contribution in [3.8, 4) is 0 Å². The smallest absolute Gasteiger partial charge is 0.0641 e. The highest BCUT2D eigenvalue weighted by molar-refractivity contribution is 5.33. The van der Waals surface area contributed by atoms with Gasteiger partial charge in [-0.05, 0) is 58.0 Å². The average Bonchev–Trinajstić information content (AvgIpc) is 2.33. The van der Waals surface area contributed by atoms with Gasteiger partial charge in [0, 0.05) is 5.54 Å². The second kappa shape index (κ2) is 5.83. The standard InChI is InChI=1S/C15H27N3/c1-7-15(4,18(5)6)14(17-16)13-9-8-11(2)12(3)10-13/h8-10,14,17H,7,16H2,1-6H3. The first kappa shape index (κ1) is 15.2. The summed E-state index contributed by atoms with van der Waals surface area (Å²) in [6.07, 6.45) is 1.03. The van der Waals surface area contributed by atoms with E-state index in [9.17, 15) is 0 Å². The van der Waals surface area contributed by atoms with Gasteiger partial charge in [0.2, 0.25) is 0 Å². The Morgan fingerprint density at radius 2 is 1.89 bits per heavy atom. The zero-order valence-electron chi connectivity index (χ0n) is 12.5. The van der Waals surface area contributed by atoms with Crippen molar-refractivity contribution in [3.63, 3.8) is 0 Å². The van der Waals surface area contributed by atoms with E-state index in [0.29, 0.717) is 0 Å². The Bertz CT molecular complexity index is 401. The molecule has 2 unspecified atom stereocenters. The third-order valence-corrected chi connectivity index (χ3v) is 4.39. The molecule has 3 N–H and O–H groups in total. The molecule has 0 spiro atoms. The third-order valence-electron chi connectivity index (χ3n) is 4.39. The number of nitrogens with two attached hydrogens (primary N) is 1. The topological polar surface area (TPSA) is 41.3 Å². The molecule has 1 aromatic carbocycles. The van der Waals surface area contributed by atoms with Gasteiger partial charge in [0.25, 0.3) is 0 Å². The number of nitrogens with one attached hydrogen (secondary N) is 1. The Labute approximate surface area is 111 Å². The van der Waals surface area contributed by atoms with Gasteiger partial charge in [-0.3, -0.25) is 11.3 Å².